The molecule has 1 saturated carbocycles. The predicted octanol–water partition coefficient (Wildman–Crippen LogP) is 0.971. The number of nitrogens with two attached hydrogens (primary N) is 1. The summed E-state index contributed by atoms with van der Waals surface area (Å²) in [4.78, 5) is -0.0784. The van der Waals surface area contributed by atoms with E-state index in [2.05, 4.69) is 4.72 Å². The zero-order valence-electron chi connectivity index (χ0n) is 11.7. The molecule has 0 heterocycles. The van der Waals surface area contributed by atoms with E-state index in [-0.39, 0.29) is 29.0 Å². The van der Waals surface area contributed by atoms with Gasteiger partial charge in [-0.25, -0.2) is 13.1 Å². The highest BCUT2D eigenvalue weighted by Gasteiger charge is 2.34. The Hall–Kier alpha value is -1.62. The molecule has 21 heavy (non-hydrogen) atoms. The van der Waals surface area contributed by atoms with Gasteiger partial charge in [-0.05, 0) is 31.0 Å². The third-order valence-corrected chi connectivity index (χ3v) is 5.51. The van der Waals surface area contributed by atoms with Crippen LogP contribution in [0.2, 0.25) is 0 Å². The minimum absolute atomic E-state index is 0.0203. The maximum atomic E-state index is 12.4. The summed E-state index contributed by atoms with van der Waals surface area (Å²) in [6.45, 7) is 0.142. The van der Waals surface area contributed by atoms with Gasteiger partial charge in [0.2, 0.25) is 10.0 Å². The average Bonchev–Trinajstić information content (AvgIpc) is 2.94. The fraction of sp³-hybridized carbons (Fsp3) is 0.500. The number of nitrogens with one attached hydrogen (secondary N) is 1. The molecule has 0 amide bonds. The van der Waals surface area contributed by atoms with Crippen LogP contribution in [0.15, 0.2) is 23.1 Å². The Labute approximate surface area is 124 Å². The number of hydrogen-bond acceptors (Lipinski definition) is 5. The van der Waals surface area contributed by atoms with E-state index in [1.54, 1.807) is 0 Å². The minimum atomic E-state index is -3.79. The van der Waals surface area contributed by atoms with E-state index < -0.39 is 10.0 Å². The van der Waals surface area contributed by atoms with Crippen molar-refractivity contribution >= 4 is 15.7 Å². The van der Waals surface area contributed by atoms with Crippen LogP contribution in [-0.4, -0.2) is 26.7 Å². The molecule has 1 aromatic carbocycles. The molecule has 1 aliphatic rings. The number of benzene rings is 1. The monoisotopic (exact) mass is 309 g/mol. The Balaban J connectivity index is 2.21. The maximum absolute atomic E-state index is 12.4. The van der Waals surface area contributed by atoms with Gasteiger partial charge in [-0.15, -0.1) is 0 Å². The molecule has 7 heteroatoms. The maximum Gasteiger partial charge on any atom is 0.241 e. The van der Waals surface area contributed by atoms with E-state index >= 15 is 0 Å². The summed E-state index contributed by atoms with van der Waals surface area (Å²) in [5, 5.41) is 18.6. The predicted molar refractivity (Wildman–Crippen MR) is 78.7 cm³/mol. The van der Waals surface area contributed by atoms with Crippen LogP contribution in [0.4, 0.5) is 5.69 Å². The number of nitriles is 1. The van der Waals surface area contributed by atoms with Crippen molar-refractivity contribution in [2.45, 2.75) is 30.6 Å². The molecule has 1 aromatic rings. The van der Waals surface area contributed by atoms with Gasteiger partial charge in [0.25, 0.3) is 0 Å². The van der Waals surface area contributed by atoms with Crippen LogP contribution >= 0.6 is 0 Å². The molecule has 0 atom stereocenters. The highest BCUT2D eigenvalue weighted by molar-refractivity contribution is 7.89. The van der Waals surface area contributed by atoms with Gasteiger partial charge in [-0.2, -0.15) is 5.26 Å². The van der Waals surface area contributed by atoms with E-state index in [1.165, 1.54) is 18.2 Å². The molecule has 4 N–H and O–H groups in total. The highest BCUT2D eigenvalue weighted by Crippen LogP contribution is 2.37. The molecule has 0 aliphatic heterocycles. The standard InChI is InChI=1S/C14H19N3O3S/c15-8-11-7-12(16)3-4-13(11)21(19,20)17-9-14(10-18)5-1-2-6-14/h3-4,7,17-18H,1-2,5-6,9-10,16H2. The summed E-state index contributed by atoms with van der Waals surface area (Å²) in [6.07, 6.45) is 3.60. The number of sulfonamides is 1. The Morgan fingerprint density at radius 2 is 2.05 bits per heavy atom. The van der Waals surface area contributed by atoms with Crippen molar-refractivity contribution in [3.8, 4) is 6.07 Å². The summed E-state index contributed by atoms with van der Waals surface area (Å²) >= 11 is 0. The summed E-state index contributed by atoms with van der Waals surface area (Å²) in [7, 11) is -3.79. The van der Waals surface area contributed by atoms with Crippen LogP contribution in [0, 0.1) is 16.7 Å². The summed E-state index contributed by atoms with van der Waals surface area (Å²) < 4.78 is 27.2. The van der Waals surface area contributed by atoms with Crippen LogP contribution in [-0.2, 0) is 10.0 Å². The van der Waals surface area contributed by atoms with Crippen molar-refractivity contribution in [3.05, 3.63) is 23.8 Å². The average molecular weight is 309 g/mol. The third kappa shape index (κ3) is 3.35. The smallest absolute Gasteiger partial charge is 0.241 e. The van der Waals surface area contributed by atoms with Gasteiger partial charge in [0, 0.05) is 24.3 Å². The molecular weight excluding hydrogens is 290 g/mol. The zero-order valence-corrected chi connectivity index (χ0v) is 12.5. The van der Waals surface area contributed by atoms with Gasteiger partial charge < -0.3 is 10.8 Å². The van der Waals surface area contributed by atoms with Crippen LogP contribution in [0.5, 0.6) is 0 Å². The normalized spacial score (nSPS) is 17.5. The summed E-state index contributed by atoms with van der Waals surface area (Å²) in [6, 6.07) is 5.97. The first-order valence-electron chi connectivity index (χ1n) is 6.83. The first-order chi connectivity index (χ1) is 9.92. The second-order valence-corrected chi connectivity index (χ2v) is 7.29. The number of aliphatic hydroxyl groups excluding tert-OH is 1. The first kappa shape index (κ1) is 15.8. The topological polar surface area (TPSA) is 116 Å². The minimum Gasteiger partial charge on any atom is -0.399 e. The highest BCUT2D eigenvalue weighted by atomic mass is 32.2. The number of nitrogens with zero attached hydrogens (tertiary/aromatic N) is 1. The number of anilines is 1. The molecule has 114 valence electrons. The quantitative estimate of drug-likeness (QED) is 0.701. The lowest BCUT2D eigenvalue weighted by Gasteiger charge is -2.26. The fourth-order valence-corrected chi connectivity index (χ4v) is 4.00. The third-order valence-electron chi connectivity index (χ3n) is 4.05. The number of hydrogen-bond donors (Lipinski definition) is 3. The second-order valence-electron chi connectivity index (χ2n) is 5.56. The number of nitrogen functional groups attached to an aromatic ring is 1. The fourth-order valence-electron chi connectivity index (χ4n) is 2.71. The molecule has 0 spiro atoms. The van der Waals surface area contributed by atoms with Crippen molar-refractivity contribution in [2.24, 2.45) is 5.41 Å². The van der Waals surface area contributed by atoms with Gasteiger partial charge >= 0.3 is 0 Å². The molecule has 0 bridgehead atoms. The van der Waals surface area contributed by atoms with Gasteiger partial charge in [0.05, 0.1) is 10.5 Å². The van der Waals surface area contributed by atoms with Crippen LogP contribution < -0.4 is 10.5 Å². The molecule has 1 aliphatic carbocycles. The van der Waals surface area contributed by atoms with Gasteiger partial charge in [0.15, 0.2) is 0 Å². The van der Waals surface area contributed by atoms with E-state index in [0.717, 1.165) is 25.7 Å². The van der Waals surface area contributed by atoms with E-state index in [4.69, 9.17) is 11.0 Å². The lowest BCUT2D eigenvalue weighted by Crippen LogP contribution is -2.38. The van der Waals surface area contributed by atoms with Crippen molar-refractivity contribution in [1.82, 2.24) is 4.72 Å². The van der Waals surface area contributed by atoms with Gasteiger partial charge in [-0.3, -0.25) is 0 Å². The molecule has 1 fully saturated rings. The van der Waals surface area contributed by atoms with Crippen LogP contribution in [0.3, 0.4) is 0 Å². The second kappa shape index (κ2) is 6.02. The summed E-state index contributed by atoms with van der Waals surface area (Å²) in [5.74, 6) is 0. The lowest BCUT2D eigenvalue weighted by molar-refractivity contribution is 0.134. The number of aliphatic hydroxyl groups is 1. The largest absolute Gasteiger partial charge is 0.399 e. The summed E-state index contributed by atoms with van der Waals surface area (Å²) in [5.41, 5.74) is 5.54. The van der Waals surface area contributed by atoms with Crippen molar-refractivity contribution in [2.75, 3.05) is 18.9 Å². The van der Waals surface area contributed by atoms with Crippen LogP contribution in [0.25, 0.3) is 0 Å². The van der Waals surface area contributed by atoms with Crippen molar-refractivity contribution < 1.29 is 13.5 Å². The van der Waals surface area contributed by atoms with Crippen molar-refractivity contribution in [3.63, 3.8) is 0 Å². The Morgan fingerprint density at radius 3 is 2.62 bits per heavy atom. The Bertz CT molecular complexity index is 659. The SMILES string of the molecule is N#Cc1cc(N)ccc1S(=O)(=O)NCC1(CO)CCCC1. The van der Waals surface area contributed by atoms with E-state index in [1.807, 2.05) is 6.07 Å². The van der Waals surface area contributed by atoms with Gasteiger partial charge in [0.1, 0.15) is 6.07 Å². The molecule has 6 nitrogen and oxygen atoms in total. The zero-order chi connectivity index (χ0) is 15.5. The van der Waals surface area contributed by atoms with Gasteiger partial charge in [-0.1, -0.05) is 12.8 Å². The van der Waals surface area contributed by atoms with Crippen molar-refractivity contribution in [1.29, 1.82) is 5.26 Å². The molecule has 0 aromatic heterocycles. The Kier molecular flexibility index (Phi) is 4.52. The molecular formula is C14H19N3O3S. The molecule has 0 radical (unpaired) electrons. The molecule has 0 unspecified atom stereocenters. The lowest BCUT2D eigenvalue weighted by atomic mass is 9.88. The Morgan fingerprint density at radius 1 is 1.38 bits per heavy atom. The van der Waals surface area contributed by atoms with E-state index in [9.17, 15) is 13.5 Å². The first-order valence-corrected chi connectivity index (χ1v) is 8.31. The molecule has 0 saturated heterocycles. The molecule has 2 rings (SSSR count). The van der Waals surface area contributed by atoms with E-state index in [0.29, 0.717) is 5.69 Å². The van der Waals surface area contributed by atoms with Crippen LogP contribution in [0.1, 0.15) is 31.2 Å². The number of rotatable bonds is 5.